The van der Waals surface area contributed by atoms with E-state index in [2.05, 4.69) is 5.32 Å². The van der Waals surface area contributed by atoms with Gasteiger partial charge in [-0.1, -0.05) is 106 Å². The minimum atomic E-state index is -2.53. The topological polar surface area (TPSA) is 321 Å². The van der Waals surface area contributed by atoms with Crippen molar-refractivity contribution in [2.45, 2.75) is 153 Å². The number of aliphatic hydroxyl groups excluding tert-OH is 1. The third-order valence-corrected chi connectivity index (χ3v) is 20.2. The molecule has 12 atom stereocenters. The van der Waals surface area contributed by atoms with Gasteiger partial charge in [-0.3, -0.25) is 38.3 Å². The number of ketones is 1. The van der Waals surface area contributed by atoms with Crippen LogP contribution >= 0.6 is 0 Å². The van der Waals surface area contributed by atoms with Gasteiger partial charge in [0.2, 0.25) is 11.7 Å². The number of cyclic esters (lactones) is 1. The third-order valence-electron chi connectivity index (χ3n) is 20.2. The lowest BCUT2D eigenvalue weighted by Crippen LogP contribution is -2.82. The molecule has 4 N–H and O–H groups in total. The van der Waals surface area contributed by atoms with Crippen molar-refractivity contribution in [1.29, 1.82) is 0 Å². The van der Waals surface area contributed by atoms with E-state index in [1.54, 1.807) is 118 Å². The number of ether oxygens (including phenoxy) is 7. The van der Waals surface area contributed by atoms with Gasteiger partial charge in [0, 0.05) is 85.3 Å². The van der Waals surface area contributed by atoms with Crippen LogP contribution in [0.15, 0.2) is 142 Å². The fourth-order valence-electron chi connectivity index (χ4n) is 15.2. The minimum Gasteiger partial charge on any atom is -0.455 e. The Morgan fingerprint density at radius 3 is 2.16 bits per heavy atom. The number of pyridine rings is 2. The van der Waals surface area contributed by atoms with Gasteiger partial charge in [0.1, 0.15) is 30.0 Å². The molecule has 2 bridgehead atoms. The number of nitrogens with zero attached hydrogens (tertiary/aromatic N) is 3. The van der Waals surface area contributed by atoms with Crippen molar-refractivity contribution in [3.8, 4) is 11.3 Å². The molecule has 1 amide bonds. The van der Waals surface area contributed by atoms with Crippen LogP contribution in [0, 0.1) is 16.7 Å². The third kappa shape index (κ3) is 11.0. The monoisotopic (exact) mass is 1300 g/mol. The van der Waals surface area contributed by atoms with Gasteiger partial charge in [-0.25, -0.2) is 19.4 Å². The van der Waals surface area contributed by atoms with Crippen molar-refractivity contribution in [2.75, 3.05) is 13.2 Å². The Hall–Kier alpha value is -9.55. The number of rotatable bonds is 17. The number of hydrogen-bond acceptors (Lipinski definition) is 21. The maximum absolute atomic E-state index is 16.0. The SMILES string of the molecule is CC[C@@]1(O)C(=O)OCn2c1cc1c(c2=O)Cc2c-1nc1ccccc1c2C=NCCCC(=O)O[C@@H](C(=O)O[C@H]1C[C@@]2(O)[C@@H](OC(=O)c3ccccc3)[C@@H]3[C@]4(OC(C)=O)CO[C@@H]4C[C@H](O)[C@@]3(C)C(=O)[C@H](OC(C)=O)C(=C1C)C2(C)C)[C@@H](NC(=O)c1ccccc1)c1ccccc1. The molecule has 494 valence electrons. The van der Waals surface area contributed by atoms with E-state index in [1.165, 1.54) is 30.5 Å². The summed E-state index contributed by atoms with van der Waals surface area (Å²) in [5, 5.41) is 41.6. The van der Waals surface area contributed by atoms with Crippen molar-refractivity contribution < 1.29 is 86.8 Å². The molecule has 0 unspecified atom stereocenters. The number of hydrogen-bond donors (Lipinski definition) is 4. The van der Waals surface area contributed by atoms with E-state index in [0.717, 1.165) is 13.8 Å². The molecule has 2 aliphatic heterocycles. The summed E-state index contributed by atoms with van der Waals surface area (Å²) in [7, 11) is 0. The van der Waals surface area contributed by atoms with Crippen LogP contribution in [0.1, 0.15) is 135 Å². The molecule has 12 rings (SSSR count). The van der Waals surface area contributed by atoms with Crippen LogP contribution in [0.3, 0.4) is 0 Å². The molecule has 23 nitrogen and oxygen atoms in total. The average molecular weight is 1300 g/mol. The Labute approximate surface area is 545 Å². The summed E-state index contributed by atoms with van der Waals surface area (Å²) in [5.74, 6) is -9.04. The maximum Gasteiger partial charge on any atom is 0.350 e. The first-order chi connectivity index (χ1) is 45.3. The quantitative estimate of drug-likeness (QED) is 0.0246. The maximum atomic E-state index is 16.0. The van der Waals surface area contributed by atoms with Gasteiger partial charge < -0.3 is 53.8 Å². The zero-order chi connectivity index (χ0) is 67.7. The number of carbonyl (C=O) groups excluding carboxylic acids is 8. The lowest BCUT2D eigenvalue weighted by atomic mass is 9.44. The van der Waals surface area contributed by atoms with E-state index in [0.29, 0.717) is 44.4 Å². The van der Waals surface area contributed by atoms with Crippen LogP contribution in [-0.4, -0.2) is 140 Å². The number of para-hydroxylation sites is 1. The normalized spacial score (nSPS) is 27.5. The molecule has 0 radical (unpaired) electrons. The highest BCUT2D eigenvalue weighted by Gasteiger charge is 2.78. The van der Waals surface area contributed by atoms with Crippen LogP contribution in [-0.2, 0) is 80.7 Å². The predicted octanol–water partition coefficient (Wildman–Crippen LogP) is 6.58. The first kappa shape index (κ1) is 65.5. The zero-order valence-corrected chi connectivity index (χ0v) is 53.3. The Kier molecular flexibility index (Phi) is 17.2. The molecule has 6 aliphatic rings. The van der Waals surface area contributed by atoms with Crippen molar-refractivity contribution in [1.82, 2.24) is 14.9 Å². The fraction of sp³-hybridized carbons (Fsp3) is 0.403. The predicted molar refractivity (Wildman–Crippen MR) is 338 cm³/mol. The molecule has 2 aromatic heterocycles. The number of amides is 1. The van der Waals surface area contributed by atoms with E-state index in [4.69, 9.17) is 43.1 Å². The first-order valence-electron chi connectivity index (χ1n) is 31.6. The van der Waals surface area contributed by atoms with E-state index in [-0.39, 0.29) is 80.0 Å². The zero-order valence-electron chi connectivity index (χ0n) is 53.3. The standard InChI is InChI=1S/C72H72N4O19/c1-8-70(87)51-32-46-47(64(83)76(51)37-90-67(70)86)31-45-48(44-27-18-19-28-49(44)74-57(45)46)35-73-30-20-29-54(80)93-59(56(41-21-12-9-13-22-41)75-63(82)42-23-14-10-15-24-42)66(85)92-50-34-72(88)62(94-65(84)43-25-16-11-17-26-43)60-69(7,52(79)33-53-71(60,36-89-53)95-40(4)78)61(81)58(91-39(3)77)55(38(50)2)68(72,5)6/h9-19,21-28,32,35,50,52-53,56,58-60,62,79,87-88H,8,20,29-31,33-34,36-37H2,1-7H3,(H,75,82)/t50-,52-,53+,56-,58+,59+,60-,62-,69+,70-,71-,72+/m0/s1. The Bertz CT molecular complexity index is 4270. The van der Waals surface area contributed by atoms with E-state index >= 15 is 9.59 Å². The minimum absolute atomic E-state index is 0.0202. The van der Waals surface area contributed by atoms with E-state index in [9.17, 15) is 48.9 Å². The first-order valence-corrected chi connectivity index (χ1v) is 31.6. The second-order valence-electron chi connectivity index (χ2n) is 25.9. The number of nitrogens with one attached hydrogen (secondary N) is 1. The molecule has 23 heteroatoms. The molecular formula is C72H72N4O19. The Morgan fingerprint density at radius 1 is 0.842 bits per heavy atom. The Balaban J connectivity index is 0.899. The average Bonchev–Trinajstić information content (AvgIpc) is 1.15. The van der Waals surface area contributed by atoms with Gasteiger partial charge in [0.05, 0.1) is 46.5 Å². The lowest BCUT2D eigenvalue weighted by molar-refractivity contribution is -0.346. The highest BCUT2D eigenvalue weighted by molar-refractivity contribution is 6.03. The van der Waals surface area contributed by atoms with Gasteiger partial charge >= 0.3 is 35.8 Å². The van der Waals surface area contributed by atoms with Crippen molar-refractivity contribution in [2.24, 2.45) is 21.7 Å². The number of benzene rings is 4. The lowest BCUT2D eigenvalue weighted by Gasteiger charge is -2.67. The highest BCUT2D eigenvalue weighted by atomic mass is 16.6. The molecule has 1 saturated heterocycles. The molecule has 6 aromatic rings. The van der Waals surface area contributed by atoms with Crippen LogP contribution in [0.25, 0.3) is 22.2 Å². The number of carbonyl (C=O) groups is 8. The van der Waals surface area contributed by atoms with Crippen LogP contribution in [0.2, 0.25) is 0 Å². The van der Waals surface area contributed by atoms with Gasteiger partial charge in [0.25, 0.3) is 11.5 Å². The number of esters is 6. The molecule has 0 spiro atoms. The number of fused-ring (bicyclic) bond motifs is 10. The van der Waals surface area contributed by atoms with Crippen molar-refractivity contribution in [3.63, 3.8) is 0 Å². The van der Waals surface area contributed by atoms with Crippen molar-refractivity contribution in [3.05, 3.63) is 182 Å². The smallest absolute Gasteiger partial charge is 0.350 e. The fourth-order valence-corrected chi connectivity index (χ4v) is 15.2. The summed E-state index contributed by atoms with van der Waals surface area (Å²) in [6, 6.07) is 31.5. The summed E-state index contributed by atoms with van der Waals surface area (Å²) in [6.07, 6.45) is -9.75. The number of aliphatic imine (C=N–C) groups is 1. The molecule has 4 heterocycles. The summed E-state index contributed by atoms with van der Waals surface area (Å²) in [5.41, 5.74) is -6.98. The molecule has 2 saturated carbocycles. The summed E-state index contributed by atoms with van der Waals surface area (Å²) in [6.45, 7) is 9.07. The van der Waals surface area contributed by atoms with Gasteiger partial charge in [0.15, 0.2) is 24.2 Å². The summed E-state index contributed by atoms with van der Waals surface area (Å²) in [4.78, 5) is 139. The molecule has 4 aliphatic carbocycles. The summed E-state index contributed by atoms with van der Waals surface area (Å²) < 4.78 is 43.9. The highest BCUT2D eigenvalue weighted by Crippen LogP contribution is 2.64. The second kappa shape index (κ2) is 25.0. The Morgan fingerprint density at radius 2 is 1.51 bits per heavy atom. The van der Waals surface area contributed by atoms with Gasteiger partial charge in [-0.15, -0.1) is 0 Å². The van der Waals surface area contributed by atoms with Crippen molar-refractivity contribution >= 4 is 64.6 Å². The number of aliphatic hydroxyl groups is 3. The molecular weight excluding hydrogens is 1220 g/mol. The molecule has 95 heavy (non-hydrogen) atoms. The molecule has 4 aromatic carbocycles. The van der Waals surface area contributed by atoms with Gasteiger partial charge in [-0.05, 0) is 85.4 Å². The number of aromatic nitrogens is 2. The largest absolute Gasteiger partial charge is 0.455 e. The molecule has 3 fully saturated rings. The van der Waals surface area contributed by atoms with E-state index in [1.807, 2.05) is 18.2 Å². The van der Waals surface area contributed by atoms with E-state index < -0.39 is 136 Å². The second-order valence-corrected chi connectivity index (χ2v) is 25.9. The summed E-state index contributed by atoms with van der Waals surface area (Å²) >= 11 is 0. The van der Waals surface area contributed by atoms with Crippen LogP contribution < -0.4 is 10.9 Å². The van der Waals surface area contributed by atoms with Gasteiger partial charge in [-0.2, -0.15) is 0 Å². The van der Waals surface area contributed by atoms with Crippen LogP contribution in [0.5, 0.6) is 0 Å². The number of Topliss-reactive ketones (excluding diaryl/α,β-unsaturated/α-hetero) is 1. The van der Waals surface area contributed by atoms with Crippen LogP contribution in [0.4, 0.5) is 0 Å².